The summed E-state index contributed by atoms with van der Waals surface area (Å²) in [6.07, 6.45) is 5.37. The van der Waals surface area contributed by atoms with Crippen LogP contribution < -0.4 is 10.7 Å². The number of hydrogen-bond acceptors (Lipinski definition) is 3. The molecule has 0 bridgehead atoms. The van der Waals surface area contributed by atoms with Crippen molar-refractivity contribution in [2.75, 3.05) is 20.6 Å². The fraction of sp³-hybridized carbons (Fsp3) is 0.900. The first-order valence-corrected chi connectivity index (χ1v) is 5.38. The summed E-state index contributed by atoms with van der Waals surface area (Å²) in [6, 6.07) is 0.552. The molecule has 1 amide bonds. The minimum absolute atomic E-state index is 0.113. The predicted molar refractivity (Wildman–Crippen MR) is 56.7 cm³/mol. The normalized spacial score (nSPS) is 22.4. The van der Waals surface area contributed by atoms with Gasteiger partial charge in [0.25, 0.3) is 0 Å². The number of nitrogens with zero attached hydrogens (tertiary/aromatic N) is 1. The van der Waals surface area contributed by atoms with Crippen molar-refractivity contribution in [1.82, 2.24) is 15.8 Å². The van der Waals surface area contributed by atoms with Crippen molar-refractivity contribution < 1.29 is 4.79 Å². The monoisotopic (exact) mass is 199 g/mol. The van der Waals surface area contributed by atoms with Gasteiger partial charge in [0.15, 0.2) is 0 Å². The zero-order valence-corrected chi connectivity index (χ0v) is 9.18. The van der Waals surface area contributed by atoms with E-state index in [-0.39, 0.29) is 5.91 Å². The van der Waals surface area contributed by atoms with Crippen molar-refractivity contribution in [2.45, 2.75) is 38.1 Å². The number of nitrogens with one attached hydrogen (secondary N) is 2. The van der Waals surface area contributed by atoms with E-state index >= 15 is 0 Å². The number of hydrogen-bond donors (Lipinski definition) is 2. The van der Waals surface area contributed by atoms with Gasteiger partial charge in [-0.3, -0.25) is 10.2 Å². The number of hydrazine groups is 1. The fourth-order valence-corrected chi connectivity index (χ4v) is 1.78. The molecule has 0 aromatic rings. The lowest BCUT2D eigenvalue weighted by atomic mass is 10.0. The molecule has 2 N–H and O–H groups in total. The van der Waals surface area contributed by atoms with Gasteiger partial charge in [0.1, 0.15) is 0 Å². The van der Waals surface area contributed by atoms with Crippen LogP contribution in [0.2, 0.25) is 0 Å². The minimum atomic E-state index is 0.113. The first kappa shape index (κ1) is 11.5. The lowest BCUT2D eigenvalue weighted by molar-refractivity contribution is -0.125. The van der Waals surface area contributed by atoms with Gasteiger partial charge in [-0.05, 0) is 25.8 Å². The van der Waals surface area contributed by atoms with Crippen molar-refractivity contribution in [3.63, 3.8) is 0 Å². The minimum Gasteiger partial charge on any atom is -0.314 e. The molecule has 0 aromatic carbocycles. The van der Waals surface area contributed by atoms with Crippen molar-refractivity contribution >= 4 is 5.91 Å². The summed E-state index contributed by atoms with van der Waals surface area (Å²) in [5.74, 6) is 0.113. The average Bonchev–Trinajstić information content (AvgIpc) is 2.15. The molecule has 1 saturated heterocycles. The van der Waals surface area contributed by atoms with Gasteiger partial charge in [-0.1, -0.05) is 6.42 Å². The van der Waals surface area contributed by atoms with E-state index in [2.05, 4.69) is 10.7 Å². The summed E-state index contributed by atoms with van der Waals surface area (Å²) in [7, 11) is 3.66. The van der Waals surface area contributed by atoms with Crippen LogP contribution >= 0.6 is 0 Å². The molecule has 14 heavy (non-hydrogen) atoms. The molecule has 1 unspecified atom stereocenters. The van der Waals surface area contributed by atoms with E-state index in [0.717, 1.165) is 13.0 Å². The fourth-order valence-electron chi connectivity index (χ4n) is 1.78. The van der Waals surface area contributed by atoms with Crippen LogP contribution in [-0.2, 0) is 4.79 Å². The van der Waals surface area contributed by atoms with Gasteiger partial charge in [0.2, 0.25) is 5.91 Å². The van der Waals surface area contributed by atoms with E-state index in [9.17, 15) is 4.79 Å². The maximum Gasteiger partial charge on any atom is 0.234 e. The largest absolute Gasteiger partial charge is 0.314 e. The van der Waals surface area contributed by atoms with Gasteiger partial charge in [-0.2, -0.15) is 0 Å². The Balaban J connectivity index is 2.09. The lowest BCUT2D eigenvalue weighted by Gasteiger charge is -2.23. The molecule has 1 heterocycles. The standard InChI is InChI=1S/C10H21N3O/c1-13(2)12-10(14)7-6-9-5-3-4-8-11-9/h9,11H,3-8H2,1-2H3,(H,12,14). The maximum atomic E-state index is 11.3. The zero-order valence-electron chi connectivity index (χ0n) is 9.18. The van der Waals surface area contributed by atoms with Gasteiger partial charge in [-0.25, -0.2) is 5.01 Å². The van der Waals surface area contributed by atoms with Crippen LogP contribution in [0, 0.1) is 0 Å². The van der Waals surface area contributed by atoms with Crippen LogP contribution in [0.3, 0.4) is 0 Å². The first-order valence-electron chi connectivity index (χ1n) is 5.38. The van der Waals surface area contributed by atoms with Crippen molar-refractivity contribution in [2.24, 2.45) is 0 Å². The number of rotatable bonds is 4. The Morgan fingerprint density at radius 1 is 1.50 bits per heavy atom. The Hall–Kier alpha value is -0.610. The molecule has 0 aromatic heterocycles. The van der Waals surface area contributed by atoms with Crippen LogP contribution in [0.5, 0.6) is 0 Å². The van der Waals surface area contributed by atoms with E-state index in [1.807, 2.05) is 14.1 Å². The highest BCUT2D eigenvalue weighted by molar-refractivity contribution is 5.75. The summed E-state index contributed by atoms with van der Waals surface area (Å²) in [5.41, 5.74) is 2.75. The highest BCUT2D eigenvalue weighted by Gasteiger charge is 2.13. The SMILES string of the molecule is CN(C)NC(=O)CCC1CCCCN1. The van der Waals surface area contributed by atoms with Crippen molar-refractivity contribution in [3.05, 3.63) is 0 Å². The van der Waals surface area contributed by atoms with Gasteiger partial charge in [0.05, 0.1) is 0 Å². The molecule has 82 valence electrons. The number of piperidine rings is 1. The Morgan fingerprint density at radius 2 is 2.29 bits per heavy atom. The van der Waals surface area contributed by atoms with Gasteiger partial charge >= 0.3 is 0 Å². The van der Waals surface area contributed by atoms with E-state index in [1.54, 1.807) is 5.01 Å². The van der Waals surface area contributed by atoms with Crippen molar-refractivity contribution in [1.29, 1.82) is 0 Å². The smallest absolute Gasteiger partial charge is 0.234 e. The Bertz CT molecular complexity index is 176. The van der Waals surface area contributed by atoms with E-state index in [0.29, 0.717) is 12.5 Å². The second kappa shape index (κ2) is 5.98. The van der Waals surface area contributed by atoms with Gasteiger partial charge in [-0.15, -0.1) is 0 Å². The lowest BCUT2D eigenvalue weighted by Crippen LogP contribution is -2.38. The molecule has 0 radical (unpaired) electrons. The zero-order chi connectivity index (χ0) is 10.4. The topological polar surface area (TPSA) is 44.4 Å². The Kier molecular flexibility index (Phi) is 4.90. The van der Waals surface area contributed by atoms with Crippen LogP contribution in [-0.4, -0.2) is 37.6 Å². The summed E-state index contributed by atoms with van der Waals surface area (Å²) in [4.78, 5) is 11.3. The summed E-state index contributed by atoms with van der Waals surface area (Å²) in [6.45, 7) is 1.11. The molecule has 1 aliphatic rings. The molecule has 0 saturated carbocycles. The molecular formula is C10H21N3O. The summed E-state index contributed by atoms with van der Waals surface area (Å²) >= 11 is 0. The third-order valence-electron chi connectivity index (χ3n) is 2.48. The molecule has 1 atom stereocenters. The molecule has 1 aliphatic heterocycles. The van der Waals surface area contributed by atoms with Crippen LogP contribution in [0.1, 0.15) is 32.1 Å². The third kappa shape index (κ3) is 4.58. The Morgan fingerprint density at radius 3 is 2.86 bits per heavy atom. The van der Waals surface area contributed by atoms with E-state index < -0.39 is 0 Å². The molecule has 1 fully saturated rings. The number of carbonyl (C=O) groups excluding carboxylic acids is 1. The molecule has 4 heteroatoms. The van der Waals surface area contributed by atoms with E-state index in [1.165, 1.54) is 19.3 Å². The highest BCUT2D eigenvalue weighted by atomic mass is 16.2. The molecule has 0 spiro atoms. The molecule has 0 aliphatic carbocycles. The van der Waals surface area contributed by atoms with Crippen LogP contribution in [0.25, 0.3) is 0 Å². The van der Waals surface area contributed by atoms with Crippen molar-refractivity contribution in [3.8, 4) is 0 Å². The predicted octanol–water partition coefficient (Wildman–Crippen LogP) is 0.501. The maximum absolute atomic E-state index is 11.3. The van der Waals surface area contributed by atoms with Crippen LogP contribution in [0.15, 0.2) is 0 Å². The summed E-state index contributed by atoms with van der Waals surface area (Å²) in [5, 5.41) is 5.13. The van der Waals surface area contributed by atoms with Gasteiger partial charge in [0, 0.05) is 26.6 Å². The quantitative estimate of drug-likeness (QED) is 0.648. The first-order chi connectivity index (χ1) is 6.68. The highest BCUT2D eigenvalue weighted by Crippen LogP contribution is 2.11. The Labute approximate surface area is 86.0 Å². The second-order valence-electron chi connectivity index (χ2n) is 4.11. The molecular weight excluding hydrogens is 178 g/mol. The van der Waals surface area contributed by atoms with Gasteiger partial charge < -0.3 is 5.32 Å². The second-order valence-corrected chi connectivity index (χ2v) is 4.11. The summed E-state index contributed by atoms with van der Waals surface area (Å²) < 4.78 is 0. The number of amides is 1. The van der Waals surface area contributed by atoms with Crippen LogP contribution in [0.4, 0.5) is 0 Å². The van der Waals surface area contributed by atoms with E-state index in [4.69, 9.17) is 0 Å². The third-order valence-corrected chi connectivity index (χ3v) is 2.48. The molecule has 4 nitrogen and oxygen atoms in total. The molecule has 1 rings (SSSR count). The number of carbonyl (C=O) groups is 1. The average molecular weight is 199 g/mol.